The number of aromatic nitrogens is 4. The summed E-state index contributed by atoms with van der Waals surface area (Å²) in [4.78, 5) is 33.4. The number of hydrogen-bond donors (Lipinski definition) is 2. The maximum atomic E-state index is 14.2. The third-order valence-electron chi connectivity index (χ3n) is 8.44. The number of nitrogens with zero attached hydrogens (tertiary/aromatic N) is 3. The van der Waals surface area contributed by atoms with Gasteiger partial charge >= 0.3 is 5.76 Å². The van der Waals surface area contributed by atoms with E-state index in [1.165, 1.54) is 0 Å². The SMILES string of the molecule is CCCc1nc(CC)n(-c2ccc(O[C@H]3CC[C@H](O)CC3)cc2)c(=O)c1Cc1ccc(-c2ccccc2-c2noc(=O)[nH]2)cc1. The number of aromatic amines is 1. The summed E-state index contributed by atoms with van der Waals surface area (Å²) in [6, 6.07) is 23.4. The molecule has 1 aliphatic rings. The number of rotatable bonds is 10. The van der Waals surface area contributed by atoms with Gasteiger partial charge in [-0.1, -0.05) is 74.0 Å². The topological polar surface area (TPSA) is 123 Å². The Morgan fingerprint density at radius 1 is 0.933 bits per heavy atom. The van der Waals surface area contributed by atoms with Gasteiger partial charge in [-0.3, -0.25) is 18.9 Å². The number of aliphatic hydroxyl groups excluding tert-OH is 1. The monoisotopic (exact) mass is 606 g/mol. The summed E-state index contributed by atoms with van der Waals surface area (Å²) in [5.41, 5.74) is 5.88. The van der Waals surface area contributed by atoms with Gasteiger partial charge in [0.1, 0.15) is 11.6 Å². The molecule has 232 valence electrons. The van der Waals surface area contributed by atoms with Crippen molar-refractivity contribution in [1.82, 2.24) is 19.7 Å². The molecule has 45 heavy (non-hydrogen) atoms. The van der Waals surface area contributed by atoms with Gasteiger partial charge in [-0.05, 0) is 73.1 Å². The van der Waals surface area contributed by atoms with Crippen molar-refractivity contribution in [3.05, 3.63) is 116 Å². The summed E-state index contributed by atoms with van der Waals surface area (Å²) in [5.74, 6) is 1.27. The van der Waals surface area contributed by atoms with Gasteiger partial charge in [0, 0.05) is 24.0 Å². The molecule has 1 aliphatic carbocycles. The molecule has 6 rings (SSSR count). The lowest BCUT2D eigenvalue weighted by molar-refractivity contribution is 0.0666. The van der Waals surface area contributed by atoms with E-state index in [0.29, 0.717) is 24.2 Å². The van der Waals surface area contributed by atoms with E-state index < -0.39 is 5.76 Å². The Hall–Kier alpha value is -4.76. The van der Waals surface area contributed by atoms with Gasteiger partial charge in [-0.15, -0.1) is 0 Å². The van der Waals surface area contributed by atoms with E-state index in [2.05, 4.69) is 17.1 Å². The average Bonchev–Trinajstić information content (AvgIpc) is 3.50. The van der Waals surface area contributed by atoms with Crippen molar-refractivity contribution in [3.8, 4) is 34.0 Å². The summed E-state index contributed by atoms with van der Waals surface area (Å²) < 4.78 is 12.6. The molecule has 1 fully saturated rings. The van der Waals surface area contributed by atoms with Gasteiger partial charge in [0.2, 0.25) is 0 Å². The van der Waals surface area contributed by atoms with Crippen LogP contribution in [0.15, 0.2) is 86.9 Å². The van der Waals surface area contributed by atoms with Crippen LogP contribution in [0.25, 0.3) is 28.2 Å². The van der Waals surface area contributed by atoms with Gasteiger partial charge in [0.25, 0.3) is 5.56 Å². The molecule has 0 saturated heterocycles. The first-order valence-electron chi connectivity index (χ1n) is 15.8. The van der Waals surface area contributed by atoms with Gasteiger partial charge in [-0.25, -0.2) is 9.78 Å². The maximum Gasteiger partial charge on any atom is 0.439 e. The molecule has 2 N–H and O–H groups in total. The first kappa shape index (κ1) is 30.3. The number of nitrogens with one attached hydrogen (secondary N) is 1. The highest BCUT2D eigenvalue weighted by atomic mass is 16.5. The van der Waals surface area contributed by atoms with Crippen molar-refractivity contribution in [1.29, 1.82) is 0 Å². The number of benzene rings is 3. The molecule has 0 bridgehead atoms. The standard InChI is InChI=1S/C36H38N4O5/c1-3-7-32-31(22-23-10-12-24(13-11-23)29-8-5-6-9-30(29)34-38-36(43)45-39-34)35(42)40(33(4-2)37-32)25-14-18-27(19-15-25)44-28-20-16-26(41)17-21-28/h5-6,8-15,18-19,26,28,41H,3-4,7,16-17,20-22H2,1-2H3,(H,38,39,43)/t26-,28-. The number of ether oxygens (including phenoxy) is 1. The molecule has 0 spiro atoms. The van der Waals surface area contributed by atoms with E-state index in [4.69, 9.17) is 14.2 Å². The van der Waals surface area contributed by atoms with Crippen LogP contribution in [-0.2, 0) is 19.3 Å². The van der Waals surface area contributed by atoms with Crippen LogP contribution in [0.4, 0.5) is 0 Å². The maximum absolute atomic E-state index is 14.2. The predicted molar refractivity (Wildman–Crippen MR) is 173 cm³/mol. The zero-order valence-corrected chi connectivity index (χ0v) is 25.7. The average molecular weight is 607 g/mol. The summed E-state index contributed by atoms with van der Waals surface area (Å²) in [6.07, 6.45) is 5.76. The number of aryl methyl sites for hydroxylation is 2. The summed E-state index contributed by atoms with van der Waals surface area (Å²) in [6.45, 7) is 4.12. The van der Waals surface area contributed by atoms with Crippen LogP contribution >= 0.6 is 0 Å². The molecule has 9 nitrogen and oxygen atoms in total. The third kappa shape index (κ3) is 6.68. The Balaban J connectivity index is 1.29. The van der Waals surface area contributed by atoms with E-state index in [0.717, 1.165) is 83.7 Å². The molecule has 0 unspecified atom stereocenters. The lowest BCUT2D eigenvalue weighted by Crippen LogP contribution is -2.29. The molecule has 3 aromatic carbocycles. The van der Waals surface area contributed by atoms with E-state index in [1.54, 1.807) is 4.57 Å². The van der Waals surface area contributed by atoms with E-state index >= 15 is 0 Å². The fraction of sp³-hybridized carbons (Fsp3) is 0.333. The Kier molecular flexibility index (Phi) is 9.07. The minimum absolute atomic E-state index is 0.0513. The first-order chi connectivity index (χ1) is 21.9. The lowest BCUT2D eigenvalue weighted by Gasteiger charge is -2.26. The van der Waals surface area contributed by atoms with Crippen LogP contribution in [0.3, 0.4) is 0 Å². The highest BCUT2D eigenvalue weighted by Crippen LogP contribution is 2.30. The smallest absolute Gasteiger partial charge is 0.439 e. The van der Waals surface area contributed by atoms with Crippen LogP contribution in [0.5, 0.6) is 5.75 Å². The molecule has 0 amide bonds. The zero-order chi connectivity index (χ0) is 31.3. The highest BCUT2D eigenvalue weighted by molar-refractivity contribution is 5.80. The molecule has 1 saturated carbocycles. The third-order valence-corrected chi connectivity index (χ3v) is 8.44. The Labute approximate surface area is 261 Å². The van der Waals surface area contributed by atoms with Crippen molar-refractivity contribution in [3.63, 3.8) is 0 Å². The van der Waals surface area contributed by atoms with Crippen LogP contribution in [0, 0.1) is 0 Å². The minimum Gasteiger partial charge on any atom is -0.490 e. The van der Waals surface area contributed by atoms with Crippen molar-refractivity contribution >= 4 is 0 Å². The number of H-pyrrole nitrogens is 1. The van der Waals surface area contributed by atoms with E-state index in [9.17, 15) is 14.7 Å². The molecule has 5 aromatic rings. The molecule has 0 radical (unpaired) electrons. The second-order valence-corrected chi connectivity index (χ2v) is 11.6. The van der Waals surface area contributed by atoms with Crippen molar-refractivity contribution in [2.45, 2.75) is 77.4 Å². The van der Waals surface area contributed by atoms with Crippen LogP contribution < -0.4 is 16.1 Å². The fourth-order valence-electron chi connectivity index (χ4n) is 6.10. The summed E-state index contributed by atoms with van der Waals surface area (Å²) in [5, 5.41) is 13.7. The highest BCUT2D eigenvalue weighted by Gasteiger charge is 2.21. The van der Waals surface area contributed by atoms with Gasteiger partial charge in [-0.2, -0.15) is 0 Å². The number of aliphatic hydroxyl groups is 1. The molecular formula is C36H38N4O5. The predicted octanol–water partition coefficient (Wildman–Crippen LogP) is 6.03. The molecule has 0 atom stereocenters. The Bertz CT molecular complexity index is 1860. The summed E-state index contributed by atoms with van der Waals surface area (Å²) in [7, 11) is 0. The van der Waals surface area contributed by atoms with E-state index in [1.807, 2.05) is 79.7 Å². The van der Waals surface area contributed by atoms with Crippen molar-refractivity contribution in [2.24, 2.45) is 0 Å². The molecule has 9 heteroatoms. The normalized spacial score (nSPS) is 16.5. The zero-order valence-electron chi connectivity index (χ0n) is 25.7. The number of hydrogen-bond acceptors (Lipinski definition) is 7. The van der Waals surface area contributed by atoms with Gasteiger partial charge < -0.3 is 9.84 Å². The van der Waals surface area contributed by atoms with Crippen molar-refractivity contribution in [2.75, 3.05) is 0 Å². The van der Waals surface area contributed by atoms with Crippen LogP contribution in [0.1, 0.15) is 68.6 Å². The molecule has 2 aromatic heterocycles. The van der Waals surface area contributed by atoms with Crippen LogP contribution in [-0.4, -0.2) is 37.0 Å². The molecular weight excluding hydrogens is 568 g/mol. The fourth-order valence-corrected chi connectivity index (χ4v) is 6.10. The minimum atomic E-state index is -0.600. The summed E-state index contributed by atoms with van der Waals surface area (Å²) >= 11 is 0. The Morgan fingerprint density at radius 3 is 2.29 bits per heavy atom. The largest absolute Gasteiger partial charge is 0.490 e. The van der Waals surface area contributed by atoms with E-state index in [-0.39, 0.29) is 17.8 Å². The van der Waals surface area contributed by atoms with Gasteiger partial charge in [0.15, 0.2) is 5.82 Å². The quantitative estimate of drug-likeness (QED) is 0.199. The van der Waals surface area contributed by atoms with Gasteiger partial charge in [0.05, 0.1) is 23.6 Å². The second-order valence-electron chi connectivity index (χ2n) is 11.6. The second kappa shape index (κ2) is 13.5. The molecule has 2 heterocycles. The molecule has 0 aliphatic heterocycles. The lowest BCUT2D eigenvalue weighted by atomic mass is 9.95. The first-order valence-corrected chi connectivity index (χ1v) is 15.8. The van der Waals surface area contributed by atoms with Crippen molar-refractivity contribution < 1.29 is 14.4 Å². The Morgan fingerprint density at radius 2 is 1.64 bits per heavy atom. The van der Waals surface area contributed by atoms with Crippen LogP contribution in [0.2, 0.25) is 0 Å².